The third-order valence-electron chi connectivity index (χ3n) is 7.76. The van der Waals surface area contributed by atoms with E-state index in [2.05, 4.69) is 4.72 Å². The van der Waals surface area contributed by atoms with Gasteiger partial charge in [0.2, 0.25) is 10.0 Å². The van der Waals surface area contributed by atoms with Crippen LogP contribution in [0, 0.1) is 6.92 Å². The highest BCUT2D eigenvalue weighted by atomic mass is 35.5. The molecule has 1 fully saturated rings. The van der Waals surface area contributed by atoms with Crippen LogP contribution in [-0.4, -0.2) is 38.8 Å². The fourth-order valence-electron chi connectivity index (χ4n) is 5.64. The van der Waals surface area contributed by atoms with Gasteiger partial charge >= 0.3 is 5.97 Å². The summed E-state index contributed by atoms with van der Waals surface area (Å²) in [5, 5.41) is 10.7. The average molecular weight is 626 g/mol. The zero-order valence-electron chi connectivity index (χ0n) is 24.0. The number of halogens is 1. The number of hydrogen-bond donors (Lipinski definition) is 3. The number of esters is 1. The monoisotopic (exact) mass is 625 g/mol. The molecule has 0 saturated heterocycles. The largest absolute Gasteiger partial charge is 0.554 e. The Morgan fingerprint density at radius 2 is 1.74 bits per heavy atom. The van der Waals surface area contributed by atoms with E-state index in [1.54, 1.807) is 24.3 Å². The number of ether oxygens (including phenoxy) is 1. The molecule has 43 heavy (non-hydrogen) atoms. The van der Waals surface area contributed by atoms with Gasteiger partial charge in [0.25, 0.3) is 0 Å². The highest BCUT2D eigenvalue weighted by Crippen LogP contribution is 2.45. The van der Waals surface area contributed by atoms with Gasteiger partial charge in [-0.05, 0) is 73.6 Å². The molecule has 1 spiro atoms. The molecule has 0 amide bonds. The Kier molecular flexibility index (Phi) is 10.5. The molecule has 2 aliphatic rings. The number of aryl methyl sites for hydroxylation is 1. The maximum Gasteiger partial charge on any atom is 0.341 e. The van der Waals surface area contributed by atoms with Crippen LogP contribution in [0.1, 0.15) is 48.8 Å². The third kappa shape index (κ3) is 7.76. The van der Waals surface area contributed by atoms with E-state index in [1.165, 1.54) is 0 Å². The Morgan fingerprint density at radius 3 is 2.44 bits per heavy atom. The summed E-state index contributed by atoms with van der Waals surface area (Å²) in [5.74, 6) is -0.407. The third-order valence-corrected chi connectivity index (χ3v) is 9.39. The average Bonchev–Trinajstić information content (AvgIpc) is 3.21. The van der Waals surface area contributed by atoms with Gasteiger partial charge < -0.3 is 25.7 Å². The quantitative estimate of drug-likeness (QED) is 0.187. The van der Waals surface area contributed by atoms with Gasteiger partial charge in [0.05, 0.1) is 17.8 Å². The summed E-state index contributed by atoms with van der Waals surface area (Å²) in [6.07, 6.45) is 4.56. The minimum Gasteiger partial charge on any atom is -0.554 e. The number of carbonyl (C=O) groups excluding carboxylic acids is 2. The van der Waals surface area contributed by atoms with Gasteiger partial charge in [-0.25, -0.2) is 13.2 Å². The Hall–Kier alpha value is -3.86. The first-order chi connectivity index (χ1) is 20.6. The molecular formula is C32H36ClN3O6S. The van der Waals surface area contributed by atoms with E-state index < -0.39 is 28.1 Å². The molecule has 0 atom stereocenters. The van der Waals surface area contributed by atoms with Crippen LogP contribution in [0.3, 0.4) is 0 Å². The summed E-state index contributed by atoms with van der Waals surface area (Å²) >= 11 is 6.75. The second-order valence-electron chi connectivity index (χ2n) is 10.7. The molecule has 0 unspecified atom stereocenters. The number of rotatable bonds is 9. The summed E-state index contributed by atoms with van der Waals surface area (Å²) < 4.78 is 34.0. The summed E-state index contributed by atoms with van der Waals surface area (Å²) in [5.41, 5.74) is 11.4. The van der Waals surface area contributed by atoms with Crippen LogP contribution in [0.2, 0.25) is 5.02 Å². The van der Waals surface area contributed by atoms with Crippen molar-refractivity contribution in [3.8, 4) is 11.1 Å². The van der Waals surface area contributed by atoms with E-state index in [4.69, 9.17) is 32.0 Å². The van der Waals surface area contributed by atoms with Crippen LogP contribution in [0.5, 0.6) is 0 Å². The number of hydrogen-bond acceptors (Lipinski definition) is 7. The molecule has 5 N–H and O–H groups in total. The van der Waals surface area contributed by atoms with Crippen LogP contribution >= 0.6 is 11.6 Å². The molecule has 11 heteroatoms. The first kappa shape index (κ1) is 32.1. The maximum atomic E-state index is 13.0. The number of nitrogens with one attached hydrogen (secondary N) is 1. The van der Waals surface area contributed by atoms with Crippen molar-refractivity contribution in [1.29, 1.82) is 0 Å². The second kappa shape index (κ2) is 14.1. The number of sulfonamides is 1. The van der Waals surface area contributed by atoms with Gasteiger partial charge in [0.1, 0.15) is 12.3 Å². The molecule has 1 saturated carbocycles. The van der Waals surface area contributed by atoms with Crippen LogP contribution in [0.25, 0.3) is 16.7 Å². The second-order valence-corrected chi connectivity index (χ2v) is 13.0. The van der Waals surface area contributed by atoms with Crippen molar-refractivity contribution in [2.24, 2.45) is 5.73 Å². The summed E-state index contributed by atoms with van der Waals surface area (Å²) in [4.78, 5) is 21.2. The van der Waals surface area contributed by atoms with Gasteiger partial charge in [0, 0.05) is 28.3 Å². The summed E-state index contributed by atoms with van der Waals surface area (Å²) in [6, 6.07) is 20.7. The molecule has 3 aromatic carbocycles. The van der Waals surface area contributed by atoms with Gasteiger partial charge in [0.15, 0.2) is 5.60 Å². The predicted molar refractivity (Wildman–Crippen MR) is 165 cm³/mol. The molecule has 228 valence electrons. The molecular weight excluding hydrogens is 590 g/mol. The van der Waals surface area contributed by atoms with Crippen molar-refractivity contribution >= 4 is 45.3 Å². The number of anilines is 1. The van der Waals surface area contributed by atoms with Crippen LogP contribution in [0.4, 0.5) is 5.69 Å². The fourth-order valence-corrected chi connectivity index (χ4v) is 6.98. The van der Waals surface area contributed by atoms with E-state index in [9.17, 15) is 13.2 Å². The van der Waals surface area contributed by atoms with Crippen molar-refractivity contribution in [3.63, 3.8) is 0 Å². The van der Waals surface area contributed by atoms with Crippen LogP contribution in [0.15, 0.2) is 72.4 Å². The number of quaternary nitrogens is 1. The molecule has 0 bridgehead atoms. The van der Waals surface area contributed by atoms with Crippen molar-refractivity contribution < 1.29 is 33.2 Å². The van der Waals surface area contributed by atoms with Crippen LogP contribution in [-0.2, 0) is 30.9 Å². The Morgan fingerprint density at radius 1 is 1.05 bits per heavy atom. The lowest BCUT2D eigenvalue weighted by Crippen LogP contribution is -2.83. The molecule has 9 nitrogen and oxygen atoms in total. The lowest BCUT2D eigenvalue weighted by atomic mass is 9.81. The highest BCUT2D eigenvalue weighted by molar-refractivity contribution is 7.92. The number of carbonyl (C=O) groups is 2. The smallest absolute Gasteiger partial charge is 0.341 e. The molecule has 1 heterocycles. The first-order valence-corrected chi connectivity index (χ1v) is 16.2. The van der Waals surface area contributed by atoms with Gasteiger partial charge in [-0.3, -0.25) is 4.72 Å². The van der Waals surface area contributed by atoms with Gasteiger partial charge in [-0.15, -0.1) is 0 Å². The molecule has 0 radical (unpaired) electrons. The molecule has 3 aromatic rings. The van der Waals surface area contributed by atoms with E-state index >= 15 is 0 Å². The summed E-state index contributed by atoms with van der Waals surface area (Å²) in [7, 11) is -3.54. The SMILES string of the molecule is Cc1cc(-c2cccc(NS(=O)(=O)CC[NH2+]Cc3ccccc3)c2)c(Cl)cc1C1=C(N)C2(CCCCC2)OC1=O.O=C[O-]. The van der Waals surface area contributed by atoms with E-state index in [1.807, 2.05) is 54.7 Å². The minimum absolute atomic E-state index is 0.00720. The fraction of sp³-hybridized carbons (Fsp3) is 0.312. The Balaban J connectivity index is 0.00000135. The molecule has 1 aliphatic carbocycles. The van der Waals surface area contributed by atoms with E-state index in [0.29, 0.717) is 34.1 Å². The van der Waals surface area contributed by atoms with Crippen molar-refractivity contribution in [2.75, 3.05) is 17.0 Å². The highest BCUT2D eigenvalue weighted by Gasteiger charge is 2.47. The topological polar surface area (TPSA) is 155 Å². The standard InChI is InChI=1S/C31H34ClN3O4S.CH2O2/c1-21-17-26(27(32)19-25(21)28-29(33)31(39-30(28)36)13-6-3-7-14-31)23-11-8-12-24(18-23)35-40(37,38)16-15-34-20-22-9-4-2-5-10-22;2-1-3/h2,4-5,8-12,17-19,34-35H,3,6-7,13-16,20,33H2,1H3;1H,(H,2,3). The molecule has 0 aromatic heterocycles. The maximum absolute atomic E-state index is 13.0. The van der Waals surface area contributed by atoms with Gasteiger partial charge in [-0.2, -0.15) is 0 Å². The summed E-state index contributed by atoms with van der Waals surface area (Å²) in [6.45, 7) is 2.58. The van der Waals surface area contributed by atoms with E-state index in [0.717, 1.165) is 60.9 Å². The zero-order chi connectivity index (χ0) is 31.0. The van der Waals surface area contributed by atoms with Crippen molar-refractivity contribution in [2.45, 2.75) is 51.2 Å². The van der Waals surface area contributed by atoms with Crippen LogP contribution < -0.4 is 20.9 Å². The van der Waals surface area contributed by atoms with Crippen molar-refractivity contribution in [1.82, 2.24) is 0 Å². The normalized spacial score (nSPS) is 15.9. The lowest BCUT2D eigenvalue weighted by molar-refractivity contribution is -0.666. The predicted octanol–water partition coefficient (Wildman–Crippen LogP) is 3.12. The van der Waals surface area contributed by atoms with E-state index in [-0.39, 0.29) is 5.75 Å². The number of benzene rings is 3. The van der Waals surface area contributed by atoms with Gasteiger partial charge in [-0.1, -0.05) is 60.5 Å². The number of carboxylic acid groups (broad SMARTS) is 1. The molecule has 5 rings (SSSR count). The van der Waals surface area contributed by atoms with Crippen molar-refractivity contribution in [3.05, 3.63) is 94.1 Å². The first-order valence-electron chi connectivity index (χ1n) is 14.2. The number of nitrogens with two attached hydrogens (primary N) is 2. The lowest BCUT2D eigenvalue weighted by Gasteiger charge is -2.32. The Bertz CT molecular complexity index is 1600. The molecule has 1 aliphatic heterocycles. The zero-order valence-corrected chi connectivity index (χ0v) is 25.5. The minimum atomic E-state index is -3.54. The Labute approximate surface area is 257 Å².